The molecule has 0 radical (unpaired) electrons. The van der Waals surface area contributed by atoms with Gasteiger partial charge in [-0.3, -0.25) is 14.7 Å². The molecule has 1 aromatic heterocycles. The number of carbonyl (C=O) groups is 1. The summed E-state index contributed by atoms with van der Waals surface area (Å²) in [7, 11) is 1.56. The van der Waals surface area contributed by atoms with E-state index >= 15 is 0 Å². The smallest absolute Gasteiger partial charge is 0.257 e. The SMILES string of the molecule is COc1cc(C(=O)Nc2cc(Cl)cc(CN3CCNCC3)c2C)cnc1C. The number of hydrogen-bond acceptors (Lipinski definition) is 5. The molecule has 144 valence electrons. The molecular weight excluding hydrogens is 364 g/mol. The van der Waals surface area contributed by atoms with E-state index in [1.165, 1.54) is 0 Å². The highest BCUT2D eigenvalue weighted by Gasteiger charge is 2.16. The molecule has 2 heterocycles. The molecule has 3 rings (SSSR count). The number of aromatic nitrogens is 1. The fourth-order valence-corrected chi connectivity index (χ4v) is 3.42. The van der Waals surface area contributed by atoms with E-state index in [-0.39, 0.29) is 5.91 Å². The zero-order valence-electron chi connectivity index (χ0n) is 15.9. The van der Waals surface area contributed by atoms with Gasteiger partial charge in [0.05, 0.1) is 18.4 Å². The lowest BCUT2D eigenvalue weighted by molar-refractivity contribution is 0.102. The fourth-order valence-electron chi connectivity index (χ4n) is 3.18. The van der Waals surface area contributed by atoms with Crippen molar-refractivity contribution in [1.29, 1.82) is 0 Å². The van der Waals surface area contributed by atoms with Crippen LogP contribution in [0.2, 0.25) is 5.02 Å². The fraction of sp³-hybridized carbons (Fsp3) is 0.400. The number of nitrogens with zero attached hydrogens (tertiary/aromatic N) is 2. The number of rotatable bonds is 5. The standard InChI is InChI=1S/C20H25ClN4O2/c1-13-16(12-25-6-4-22-5-7-25)8-17(21)10-18(13)24-20(26)15-9-19(27-3)14(2)23-11-15/h8-11,22H,4-7,12H2,1-3H3,(H,24,26). The molecule has 1 fully saturated rings. The average Bonchev–Trinajstić information content (AvgIpc) is 2.66. The first-order chi connectivity index (χ1) is 13.0. The maximum absolute atomic E-state index is 12.7. The highest BCUT2D eigenvalue weighted by Crippen LogP contribution is 2.27. The molecule has 1 aliphatic heterocycles. The zero-order chi connectivity index (χ0) is 19.4. The van der Waals surface area contributed by atoms with E-state index in [1.807, 2.05) is 19.9 Å². The van der Waals surface area contributed by atoms with Gasteiger partial charge >= 0.3 is 0 Å². The van der Waals surface area contributed by atoms with E-state index in [2.05, 4.69) is 20.5 Å². The summed E-state index contributed by atoms with van der Waals surface area (Å²) in [4.78, 5) is 19.3. The van der Waals surface area contributed by atoms with Crippen molar-refractivity contribution in [3.63, 3.8) is 0 Å². The van der Waals surface area contributed by atoms with Crippen molar-refractivity contribution in [3.8, 4) is 5.75 Å². The number of piperazine rings is 1. The number of nitrogens with one attached hydrogen (secondary N) is 2. The van der Waals surface area contributed by atoms with Gasteiger partial charge < -0.3 is 15.4 Å². The van der Waals surface area contributed by atoms with Gasteiger partial charge in [0.15, 0.2) is 0 Å². The van der Waals surface area contributed by atoms with E-state index in [4.69, 9.17) is 16.3 Å². The van der Waals surface area contributed by atoms with Gasteiger partial charge in [0.1, 0.15) is 5.75 Å². The van der Waals surface area contributed by atoms with Crippen LogP contribution in [0.5, 0.6) is 5.75 Å². The lowest BCUT2D eigenvalue weighted by Gasteiger charge is -2.28. The number of ether oxygens (including phenoxy) is 1. The van der Waals surface area contributed by atoms with Gasteiger partial charge in [-0.05, 0) is 43.2 Å². The molecule has 0 spiro atoms. The van der Waals surface area contributed by atoms with Crippen molar-refractivity contribution in [2.24, 2.45) is 0 Å². The van der Waals surface area contributed by atoms with Crippen molar-refractivity contribution in [2.45, 2.75) is 20.4 Å². The van der Waals surface area contributed by atoms with Crippen LogP contribution in [0.3, 0.4) is 0 Å². The minimum absolute atomic E-state index is 0.237. The van der Waals surface area contributed by atoms with Gasteiger partial charge in [-0.2, -0.15) is 0 Å². The molecule has 2 N–H and O–H groups in total. The molecule has 0 atom stereocenters. The number of carbonyl (C=O) groups excluding carboxylic acids is 1. The third-order valence-corrected chi connectivity index (χ3v) is 5.07. The molecule has 0 bridgehead atoms. The van der Waals surface area contributed by atoms with E-state index < -0.39 is 0 Å². The molecule has 0 saturated carbocycles. The molecule has 2 aromatic rings. The number of methoxy groups -OCH3 is 1. The Kier molecular flexibility index (Phi) is 6.31. The summed E-state index contributed by atoms with van der Waals surface area (Å²) in [6.07, 6.45) is 1.55. The first-order valence-corrected chi connectivity index (χ1v) is 9.40. The van der Waals surface area contributed by atoms with Crippen LogP contribution < -0.4 is 15.4 Å². The Balaban J connectivity index is 1.80. The number of benzene rings is 1. The molecule has 27 heavy (non-hydrogen) atoms. The normalized spacial score (nSPS) is 14.8. The topological polar surface area (TPSA) is 66.5 Å². The van der Waals surface area contributed by atoms with Crippen LogP contribution in [0.15, 0.2) is 24.4 Å². The van der Waals surface area contributed by atoms with Crippen molar-refractivity contribution < 1.29 is 9.53 Å². The molecule has 1 saturated heterocycles. The molecule has 1 amide bonds. The quantitative estimate of drug-likeness (QED) is 0.824. The lowest BCUT2D eigenvalue weighted by Crippen LogP contribution is -2.43. The largest absolute Gasteiger partial charge is 0.495 e. The van der Waals surface area contributed by atoms with Crippen LogP contribution in [0.1, 0.15) is 27.2 Å². The predicted molar refractivity (Wildman–Crippen MR) is 108 cm³/mol. The summed E-state index contributed by atoms with van der Waals surface area (Å²) in [5, 5.41) is 6.93. The first kappa shape index (κ1) is 19.6. The summed E-state index contributed by atoms with van der Waals surface area (Å²) >= 11 is 6.32. The second-order valence-electron chi connectivity index (χ2n) is 6.73. The highest BCUT2D eigenvalue weighted by atomic mass is 35.5. The van der Waals surface area contributed by atoms with Crippen molar-refractivity contribution in [2.75, 3.05) is 38.6 Å². The van der Waals surface area contributed by atoms with E-state index in [0.29, 0.717) is 16.3 Å². The highest BCUT2D eigenvalue weighted by molar-refractivity contribution is 6.31. The Morgan fingerprint density at radius 1 is 1.30 bits per heavy atom. The number of hydrogen-bond donors (Lipinski definition) is 2. The summed E-state index contributed by atoms with van der Waals surface area (Å²) in [5.74, 6) is 0.351. The van der Waals surface area contributed by atoms with Crippen LogP contribution in [0, 0.1) is 13.8 Å². The number of anilines is 1. The predicted octanol–water partition coefficient (Wildman–Crippen LogP) is 3.02. The lowest BCUT2D eigenvalue weighted by atomic mass is 10.1. The van der Waals surface area contributed by atoms with Crippen LogP contribution in [0.4, 0.5) is 5.69 Å². The number of pyridine rings is 1. The van der Waals surface area contributed by atoms with Gasteiger partial charge in [-0.15, -0.1) is 0 Å². The Morgan fingerprint density at radius 2 is 2.04 bits per heavy atom. The Hall–Kier alpha value is -2.15. The monoisotopic (exact) mass is 388 g/mol. The Morgan fingerprint density at radius 3 is 2.74 bits per heavy atom. The number of aryl methyl sites for hydroxylation is 1. The van der Waals surface area contributed by atoms with Crippen LogP contribution in [-0.4, -0.2) is 49.1 Å². The van der Waals surface area contributed by atoms with E-state index in [1.54, 1.807) is 25.4 Å². The zero-order valence-corrected chi connectivity index (χ0v) is 16.7. The third kappa shape index (κ3) is 4.77. The third-order valence-electron chi connectivity index (χ3n) is 4.85. The molecule has 0 aliphatic carbocycles. The van der Waals surface area contributed by atoms with Gasteiger partial charge in [-0.1, -0.05) is 11.6 Å². The second-order valence-corrected chi connectivity index (χ2v) is 7.17. The number of halogens is 1. The minimum atomic E-state index is -0.237. The van der Waals surface area contributed by atoms with Crippen LogP contribution in [0.25, 0.3) is 0 Å². The minimum Gasteiger partial charge on any atom is -0.495 e. The molecule has 1 aromatic carbocycles. The summed E-state index contributed by atoms with van der Waals surface area (Å²) in [6.45, 7) is 8.65. The van der Waals surface area contributed by atoms with Crippen molar-refractivity contribution in [3.05, 3.63) is 51.8 Å². The van der Waals surface area contributed by atoms with Crippen molar-refractivity contribution in [1.82, 2.24) is 15.2 Å². The summed E-state index contributed by atoms with van der Waals surface area (Å²) < 4.78 is 5.26. The van der Waals surface area contributed by atoms with Gasteiger partial charge in [0.2, 0.25) is 0 Å². The second kappa shape index (κ2) is 8.69. The summed E-state index contributed by atoms with van der Waals surface area (Å²) in [6, 6.07) is 5.46. The maximum atomic E-state index is 12.7. The average molecular weight is 389 g/mol. The Labute approximate surface area is 164 Å². The Bertz CT molecular complexity index is 835. The molecular formula is C20H25ClN4O2. The van der Waals surface area contributed by atoms with E-state index in [9.17, 15) is 4.79 Å². The van der Waals surface area contributed by atoms with Gasteiger partial charge in [0.25, 0.3) is 5.91 Å². The van der Waals surface area contributed by atoms with Gasteiger partial charge in [-0.25, -0.2) is 0 Å². The maximum Gasteiger partial charge on any atom is 0.257 e. The molecule has 0 unspecified atom stereocenters. The molecule has 1 aliphatic rings. The van der Waals surface area contributed by atoms with Crippen LogP contribution in [-0.2, 0) is 6.54 Å². The van der Waals surface area contributed by atoms with Crippen LogP contribution >= 0.6 is 11.6 Å². The first-order valence-electron chi connectivity index (χ1n) is 9.02. The summed E-state index contributed by atoms with van der Waals surface area (Å²) in [5.41, 5.74) is 4.06. The van der Waals surface area contributed by atoms with Crippen molar-refractivity contribution >= 4 is 23.2 Å². The van der Waals surface area contributed by atoms with E-state index in [0.717, 1.165) is 55.2 Å². The number of amides is 1. The molecule has 6 nitrogen and oxygen atoms in total. The van der Waals surface area contributed by atoms with Gasteiger partial charge in [0, 0.05) is 49.6 Å². The molecule has 7 heteroatoms.